The molecule has 0 spiro atoms. The van der Waals surface area contributed by atoms with Crippen LogP contribution in [0.3, 0.4) is 0 Å². The zero-order valence-electron chi connectivity index (χ0n) is 28.2. The van der Waals surface area contributed by atoms with Crippen molar-refractivity contribution in [3.63, 3.8) is 0 Å². The Hall–Kier alpha value is -4.00. The third-order valence-electron chi connectivity index (χ3n) is 9.54. The van der Waals surface area contributed by atoms with Crippen molar-refractivity contribution >= 4 is 35.6 Å². The van der Waals surface area contributed by atoms with E-state index in [1.54, 1.807) is 6.92 Å². The molecule has 3 atom stereocenters. The standard InChI is InChI=1S/C35H52N4O9/c1-3-47-32(44)25-14-16-26(17-15-25)39-33(45)35(18-8-9-19-35)21-27(31(42)43)29(36)30(41)28(38-23(2)40)13-7-10-20-37-34(46)48-22-24-11-5-4-6-12-24/h4-6,11-12,25-29H,3,7-10,13-22,36H2,1-2H3,(H,37,46)(H,38,40)(H,39,45)(H,42,43)/t25?,26?,27?,28-,29?/m0/s1. The lowest BCUT2D eigenvalue weighted by Crippen LogP contribution is -2.54. The minimum absolute atomic E-state index is 0.0962. The number of rotatable bonds is 18. The Kier molecular flexibility index (Phi) is 15.3. The van der Waals surface area contributed by atoms with Crippen LogP contribution in [-0.4, -0.2) is 72.0 Å². The number of unbranched alkanes of at least 4 members (excludes halogenated alkanes) is 1. The third-order valence-corrected chi connectivity index (χ3v) is 9.54. The number of Topliss-reactive ketones (excluding diaryl/α,β-unsaturated/α-hetero) is 1. The van der Waals surface area contributed by atoms with Gasteiger partial charge in [-0.1, -0.05) is 43.2 Å². The smallest absolute Gasteiger partial charge is 0.407 e. The minimum Gasteiger partial charge on any atom is -0.481 e. The molecule has 0 bridgehead atoms. The lowest BCUT2D eigenvalue weighted by atomic mass is 9.73. The molecule has 1 aromatic rings. The average Bonchev–Trinajstić information content (AvgIpc) is 3.55. The first-order valence-corrected chi connectivity index (χ1v) is 17.2. The molecule has 13 nitrogen and oxygen atoms in total. The second kappa shape index (κ2) is 19.1. The van der Waals surface area contributed by atoms with Gasteiger partial charge in [-0.05, 0) is 76.7 Å². The van der Waals surface area contributed by atoms with Crippen LogP contribution in [0, 0.1) is 17.3 Å². The minimum atomic E-state index is -1.45. The third kappa shape index (κ3) is 11.6. The predicted octanol–water partition coefficient (Wildman–Crippen LogP) is 3.37. The Morgan fingerprint density at radius 1 is 0.979 bits per heavy atom. The molecule has 2 unspecified atom stereocenters. The van der Waals surface area contributed by atoms with E-state index in [4.69, 9.17) is 15.2 Å². The van der Waals surface area contributed by atoms with E-state index >= 15 is 0 Å². The van der Waals surface area contributed by atoms with Crippen molar-refractivity contribution in [2.75, 3.05) is 13.2 Å². The van der Waals surface area contributed by atoms with Crippen LogP contribution in [0.2, 0.25) is 0 Å². The van der Waals surface area contributed by atoms with Gasteiger partial charge < -0.3 is 36.3 Å². The Morgan fingerprint density at radius 2 is 1.65 bits per heavy atom. The van der Waals surface area contributed by atoms with Crippen LogP contribution in [-0.2, 0) is 40.1 Å². The van der Waals surface area contributed by atoms with Crippen molar-refractivity contribution in [3.05, 3.63) is 35.9 Å². The number of amides is 3. The van der Waals surface area contributed by atoms with E-state index in [1.165, 1.54) is 6.92 Å². The van der Waals surface area contributed by atoms with Crippen molar-refractivity contribution in [2.24, 2.45) is 23.0 Å². The Morgan fingerprint density at radius 3 is 2.25 bits per heavy atom. The van der Waals surface area contributed by atoms with Gasteiger partial charge in [0.15, 0.2) is 5.78 Å². The summed E-state index contributed by atoms with van der Waals surface area (Å²) in [5.41, 5.74) is 6.22. The molecule has 0 saturated heterocycles. The van der Waals surface area contributed by atoms with Crippen LogP contribution in [0.5, 0.6) is 0 Å². The Balaban J connectivity index is 1.55. The number of nitrogens with two attached hydrogens (primary N) is 1. The number of hydrogen-bond acceptors (Lipinski definition) is 9. The first-order chi connectivity index (χ1) is 23.0. The summed E-state index contributed by atoms with van der Waals surface area (Å²) in [6, 6.07) is 6.65. The number of carbonyl (C=O) groups excluding carboxylic acids is 5. The zero-order valence-corrected chi connectivity index (χ0v) is 28.2. The van der Waals surface area contributed by atoms with Crippen molar-refractivity contribution in [3.8, 4) is 0 Å². The highest BCUT2D eigenvalue weighted by molar-refractivity contribution is 5.95. The molecule has 0 aromatic heterocycles. The number of esters is 1. The molecule has 2 aliphatic rings. The number of carboxylic acids is 1. The summed E-state index contributed by atoms with van der Waals surface area (Å²) < 4.78 is 10.3. The number of carboxylic acid groups (broad SMARTS) is 1. The van der Waals surface area contributed by atoms with Gasteiger partial charge in [0.2, 0.25) is 11.8 Å². The van der Waals surface area contributed by atoms with Crippen molar-refractivity contribution in [1.82, 2.24) is 16.0 Å². The average molecular weight is 673 g/mol. The largest absolute Gasteiger partial charge is 0.481 e. The number of carbonyl (C=O) groups is 6. The van der Waals surface area contributed by atoms with Gasteiger partial charge >= 0.3 is 18.0 Å². The number of aliphatic carboxylic acids is 1. The first kappa shape index (κ1) is 38.4. The van der Waals surface area contributed by atoms with Crippen LogP contribution < -0.4 is 21.7 Å². The molecular weight excluding hydrogens is 620 g/mol. The van der Waals surface area contributed by atoms with Gasteiger partial charge in [0, 0.05) is 19.5 Å². The number of alkyl carbamates (subject to hydrolysis) is 1. The van der Waals surface area contributed by atoms with E-state index in [0.717, 1.165) is 18.4 Å². The number of ketones is 1. The maximum atomic E-state index is 13.7. The normalized spacial score (nSPS) is 20.4. The Bertz CT molecular complexity index is 1240. The molecule has 6 N–H and O–H groups in total. The maximum absolute atomic E-state index is 13.7. The van der Waals surface area contributed by atoms with Crippen LogP contribution >= 0.6 is 0 Å². The fourth-order valence-electron chi connectivity index (χ4n) is 6.84. The molecule has 13 heteroatoms. The van der Waals surface area contributed by atoms with Crippen molar-refractivity contribution in [1.29, 1.82) is 0 Å². The predicted molar refractivity (Wildman–Crippen MR) is 176 cm³/mol. The molecule has 2 saturated carbocycles. The van der Waals surface area contributed by atoms with Crippen molar-refractivity contribution < 1.29 is 43.3 Å². The molecule has 3 rings (SSSR count). The van der Waals surface area contributed by atoms with E-state index < -0.39 is 47.2 Å². The lowest BCUT2D eigenvalue weighted by molar-refractivity contribution is -0.149. The van der Waals surface area contributed by atoms with E-state index in [2.05, 4.69) is 16.0 Å². The maximum Gasteiger partial charge on any atom is 0.407 e. The molecule has 2 fully saturated rings. The number of nitrogens with one attached hydrogen (secondary N) is 3. The van der Waals surface area contributed by atoms with Gasteiger partial charge in [-0.25, -0.2) is 4.79 Å². The molecular formula is C35H52N4O9. The van der Waals surface area contributed by atoms with Crippen LogP contribution in [0.15, 0.2) is 30.3 Å². The van der Waals surface area contributed by atoms with E-state index in [9.17, 15) is 33.9 Å². The Labute approximate surface area is 282 Å². The zero-order chi connectivity index (χ0) is 35.1. The quantitative estimate of drug-likeness (QED) is 0.114. The fourth-order valence-corrected chi connectivity index (χ4v) is 6.84. The van der Waals surface area contributed by atoms with E-state index in [1.807, 2.05) is 30.3 Å². The molecule has 0 aliphatic heterocycles. The fraction of sp³-hybridized carbons (Fsp3) is 0.657. The SMILES string of the molecule is CCOC(=O)C1CCC(NC(=O)C2(CC(C(=O)O)C(N)C(=O)[C@H](CCCCNC(=O)OCc3ccccc3)NC(C)=O)CCCC2)CC1. The second-order valence-corrected chi connectivity index (χ2v) is 13.1. The van der Waals surface area contributed by atoms with Crippen LogP contribution in [0.4, 0.5) is 4.79 Å². The topological polar surface area (TPSA) is 203 Å². The van der Waals surface area contributed by atoms with Gasteiger partial charge in [0.1, 0.15) is 6.61 Å². The highest BCUT2D eigenvalue weighted by atomic mass is 16.5. The summed E-state index contributed by atoms with van der Waals surface area (Å²) in [7, 11) is 0. The van der Waals surface area contributed by atoms with Gasteiger partial charge in [0.25, 0.3) is 0 Å². The van der Waals surface area contributed by atoms with E-state index in [0.29, 0.717) is 58.0 Å². The molecule has 0 radical (unpaired) electrons. The lowest BCUT2D eigenvalue weighted by Gasteiger charge is -2.35. The molecule has 3 amide bonds. The highest BCUT2D eigenvalue weighted by Crippen LogP contribution is 2.44. The number of ether oxygens (including phenoxy) is 2. The highest BCUT2D eigenvalue weighted by Gasteiger charge is 2.47. The summed E-state index contributed by atoms with van der Waals surface area (Å²) in [6.45, 7) is 3.77. The summed E-state index contributed by atoms with van der Waals surface area (Å²) in [5.74, 6) is -4.32. The first-order valence-electron chi connectivity index (χ1n) is 17.2. The number of hydrogen-bond donors (Lipinski definition) is 5. The van der Waals surface area contributed by atoms with Crippen molar-refractivity contribution in [2.45, 2.75) is 116 Å². The molecule has 0 heterocycles. The van der Waals surface area contributed by atoms with Gasteiger partial charge in [0.05, 0.1) is 35.9 Å². The molecule has 48 heavy (non-hydrogen) atoms. The van der Waals surface area contributed by atoms with Gasteiger partial charge in [-0.3, -0.25) is 24.0 Å². The summed E-state index contributed by atoms with van der Waals surface area (Å²) in [5, 5.41) is 18.6. The summed E-state index contributed by atoms with van der Waals surface area (Å²) >= 11 is 0. The van der Waals surface area contributed by atoms with E-state index in [-0.39, 0.29) is 49.8 Å². The summed E-state index contributed by atoms with van der Waals surface area (Å²) in [4.78, 5) is 76.0. The number of benzene rings is 1. The second-order valence-electron chi connectivity index (χ2n) is 13.1. The monoisotopic (exact) mass is 672 g/mol. The van der Waals surface area contributed by atoms with Gasteiger partial charge in [-0.2, -0.15) is 0 Å². The summed E-state index contributed by atoms with van der Waals surface area (Å²) in [6.07, 6.45) is 5.35. The van der Waals surface area contributed by atoms with Gasteiger partial charge in [-0.15, -0.1) is 0 Å². The molecule has 266 valence electrons. The molecule has 1 aromatic carbocycles. The van der Waals surface area contributed by atoms with Crippen LogP contribution in [0.1, 0.15) is 96.5 Å². The molecule has 2 aliphatic carbocycles. The van der Waals surface area contributed by atoms with Crippen LogP contribution in [0.25, 0.3) is 0 Å².